The number of carbonyl (C=O) groups excluding carboxylic acids is 1. The molecule has 138 valence electrons. The van der Waals surface area contributed by atoms with Gasteiger partial charge in [-0.3, -0.25) is 4.40 Å². The average Bonchev–Trinajstić information content (AvgIpc) is 3.23. The number of aromatic nitrogens is 4. The Hall–Kier alpha value is -3.35. The van der Waals surface area contributed by atoms with Gasteiger partial charge in [0.1, 0.15) is 22.8 Å². The largest absolute Gasteiger partial charge is 0.465 e. The first-order valence-corrected chi connectivity index (χ1v) is 8.67. The molecule has 7 heteroatoms. The first kappa shape index (κ1) is 17.1. The summed E-state index contributed by atoms with van der Waals surface area (Å²) in [6.07, 6.45) is 7.42. The number of hydrogen-bond acceptors (Lipinski definition) is 5. The summed E-state index contributed by atoms with van der Waals surface area (Å²) >= 11 is 0. The van der Waals surface area contributed by atoms with Crippen LogP contribution in [-0.4, -0.2) is 37.4 Å². The van der Waals surface area contributed by atoms with Crippen LogP contribution >= 0.6 is 0 Å². The third-order valence-corrected chi connectivity index (χ3v) is 4.20. The number of hydrogen-bond donors (Lipinski definition) is 1. The highest BCUT2D eigenvalue weighted by Crippen LogP contribution is 2.31. The minimum Gasteiger partial charge on any atom is -0.465 e. The Morgan fingerprint density at radius 1 is 1.11 bits per heavy atom. The Kier molecular flexibility index (Phi) is 3.87. The van der Waals surface area contributed by atoms with Crippen molar-refractivity contribution in [3.63, 3.8) is 0 Å². The molecule has 0 saturated heterocycles. The van der Waals surface area contributed by atoms with E-state index in [4.69, 9.17) is 9.72 Å². The number of fused-ring (bicyclic) bond motifs is 2. The first-order chi connectivity index (χ1) is 12.9. The van der Waals surface area contributed by atoms with Crippen LogP contribution in [0.15, 0.2) is 49.1 Å². The first-order valence-electron chi connectivity index (χ1n) is 8.67. The van der Waals surface area contributed by atoms with Gasteiger partial charge in [-0.15, -0.1) is 0 Å². The molecule has 0 unspecified atom stereocenters. The molecule has 7 nitrogen and oxygen atoms in total. The normalized spacial score (nSPS) is 11.9. The van der Waals surface area contributed by atoms with Crippen LogP contribution in [0.4, 0.5) is 5.82 Å². The minimum absolute atomic E-state index is 0.189. The Morgan fingerprint density at radius 2 is 1.89 bits per heavy atom. The monoisotopic (exact) mass is 363 g/mol. The molecule has 0 bridgehead atoms. The van der Waals surface area contributed by atoms with Gasteiger partial charge in [0, 0.05) is 35.9 Å². The maximum atomic E-state index is 12.0. The van der Waals surface area contributed by atoms with E-state index in [-0.39, 0.29) is 11.5 Å². The quantitative estimate of drug-likeness (QED) is 0.563. The Bertz CT molecular complexity index is 1150. The van der Waals surface area contributed by atoms with Crippen molar-refractivity contribution >= 4 is 23.1 Å². The Balaban J connectivity index is 1.95. The van der Waals surface area contributed by atoms with Crippen LogP contribution in [-0.2, 0) is 4.74 Å². The summed E-state index contributed by atoms with van der Waals surface area (Å²) in [5.41, 5.74) is 3.66. The highest BCUT2D eigenvalue weighted by Gasteiger charge is 2.20. The highest BCUT2D eigenvalue weighted by molar-refractivity contribution is 5.90. The zero-order valence-electron chi connectivity index (χ0n) is 15.7. The summed E-state index contributed by atoms with van der Waals surface area (Å²) in [6.45, 7) is 6.25. The number of pyridine rings is 2. The van der Waals surface area contributed by atoms with E-state index < -0.39 is 0 Å². The zero-order valence-corrected chi connectivity index (χ0v) is 15.7. The second kappa shape index (κ2) is 6.12. The summed E-state index contributed by atoms with van der Waals surface area (Å²) in [6, 6.07) is 7.50. The van der Waals surface area contributed by atoms with E-state index in [1.165, 1.54) is 7.11 Å². The molecular weight excluding hydrogens is 342 g/mol. The molecule has 0 aliphatic carbocycles. The van der Waals surface area contributed by atoms with Gasteiger partial charge in [-0.1, -0.05) is 0 Å². The fourth-order valence-corrected chi connectivity index (χ4v) is 3.02. The molecule has 0 aliphatic heterocycles. The highest BCUT2D eigenvalue weighted by atomic mass is 16.5. The van der Waals surface area contributed by atoms with E-state index in [0.29, 0.717) is 5.56 Å². The summed E-state index contributed by atoms with van der Waals surface area (Å²) < 4.78 is 8.71. The van der Waals surface area contributed by atoms with Crippen molar-refractivity contribution in [1.29, 1.82) is 0 Å². The van der Waals surface area contributed by atoms with Gasteiger partial charge in [0.2, 0.25) is 0 Å². The van der Waals surface area contributed by atoms with Crippen molar-refractivity contribution in [1.82, 2.24) is 18.8 Å². The van der Waals surface area contributed by atoms with Crippen LogP contribution in [0.2, 0.25) is 0 Å². The van der Waals surface area contributed by atoms with Crippen molar-refractivity contribution in [2.45, 2.75) is 26.3 Å². The summed E-state index contributed by atoms with van der Waals surface area (Å²) in [5, 5.41) is 3.52. The number of imidazole rings is 2. The molecule has 0 radical (unpaired) electrons. The lowest BCUT2D eigenvalue weighted by atomic mass is 10.1. The fraction of sp³-hybridized carbons (Fsp3) is 0.250. The molecule has 0 fully saturated rings. The van der Waals surface area contributed by atoms with E-state index in [2.05, 4.69) is 31.1 Å². The molecule has 0 amide bonds. The van der Waals surface area contributed by atoms with Gasteiger partial charge in [-0.25, -0.2) is 14.8 Å². The predicted molar refractivity (Wildman–Crippen MR) is 104 cm³/mol. The number of ether oxygens (including phenoxy) is 1. The maximum absolute atomic E-state index is 12.0. The molecule has 27 heavy (non-hydrogen) atoms. The Labute approximate surface area is 156 Å². The van der Waals surface area contributed by atoms with Crippen LogP contribution in [0.1, 0.15) is 31.1 Å². The van der Waals surface area contributed by atoms with Crippen LogP contribution < -0.4 is 5.32 Å². The number of rotatable bonds is 3. The summed E-state index contributed by atoms with van der Waals surface area (Å²) in [5.74, 6) is 0.441. The third-order valence-electron chi connectivity index (χ3n) is 4.20. The number of methoxy groups -OCH3 is 1. The number of anilines is 1. The van der Waals surface area contributed by atoms with Crippen LogP contribution in [0.25, 0.3) is 22.6 Å². The van der Waals surface area contributed by atoms with Crippen molar-refractivity contribution in [2.24, 2.45) is 0 Å². The second-order valence-corrected chi connectivity index (χ2v) is 7.43. The van der Waals surface area contributed by atoms with Crippen LogP contribution in [0.3, 0.4) is 0 Å². The molecule has 4 rings (SSSR count). The molecule has 4 heterocycles. The SMILES string of the molecule is COC(=O)c1ccc2nc(-c3ccc4nccn4c3)c(NC(C)(C)C)n2c1. The van der Waals surface area contributed by atoms with E-state index in [1.807, 2.05) is 39.4 Å². The maximum Gasteiger partial charge on any atom is 0.339 e. The summed E-state index contributed by atoms with van der Waals surface area (Å²) in [4.78, 5) is 21.0. The smallest absolute Gasteiger partial charge is 0.339 e. The third kappa shape index (κ3) is 3.12. The lowest BCUT2D eigenvalue weighted by Crippen LogP contribution is -2.27. The molecule has 4 aromatic rings. The van der Waals surface area contributed by atoms with Crippen molar-refractivity contribution in [3.05, 3.63) is 54.6 Å². The number of esters is 1. The topological polar surface area (TPSA) is 72.9 Å². The van der Waals surface area contributed by atoms with Crippen LogP contribution in [0, 0.1) is 0 Å². The number of nitrogens with zero attached hydrogens (tertiary/aromatic N) is 4. The predicted octanol–water partition coefficient (Wildman–Crippen LogP) is 3.65. The van der Waals surface area contributed by atoms with Gasteiger partial charge in [-0.2, -0.15) is 0 Å². The van der Waals surface area contributed by atoms with Crippen molar-refractivity contribution in [2.75, 3.05) is 12.4 Å². The average molecular weight is 363 g/mol. The molecule has 4 aromatic heterocycles. The molecule has 0 aromatic carbocycles. The van der Waals surface area contributed by atoms with Gasteiger partial charge in [0.25, 0.3) is 0 Å². The Morgan fingerprint density at radius 3 is 2.63 bits per heavy atom. The van der Waals surface area contributed by atoms with Gasteiger partial charge < -0.3 is 14.5 Å². The van der Waals surface area contributed by atoms with E-state index in [9.17, 15) is 4.79 Å². The summed E-state index contributed by atoms with van der Waals surface area (Å²) in [7, 11) is 1.38. The van der Waals surface area contributed by atoms with Crippen molar-refractivity contribution < 1.29 is 9.53 Å². The van der Waals surface area contributed by atoms with Gasteiger partial charge in [-0.05, 0) is 45.0 Å². The van der Waals surface area contributed by atoms with Crippen LogP contribution in [0.5, 0.6) is 0 Å². The number of carbonyl (C=O) groups is 1. The molecule has 1 N–H and O–H groups in total. The molecule has 0 spiro atoms. The standard InChI is InChI=1S/C20H21N5O2/c1-20(2,3)23-18-17(13-5-7-15-21-9-10-24(15)11-13)22-16-8-6-14(12-25(16)18)19(26)27-4/h5-12,23H,1-4H3. The van der Waals surface area contributed by atoms with Crippen molar-refractivity contribution in [3.8, 4) is 11.3 Å². The second-order valence-electron chi connectivity index (χ2n) is 7.43. The minimum atomic E-state index is -0.381. The molecule has 0 atom stereocenters. The lowest BCUT2D eigenvalue weighted by molar-refractivity contribution is 0.0600. The van der Waals surface area contributed by atoms with E-state index >= 15 is 0 Å². The molecule has 0 saturated carbocycles. The van der Waals surface area contributed by atoms with Gasteiger partial charge in [0.15, 0.2) is 0 Å². The lowest BCUT2D eigenvalue weighted by Gasteiger charge is -2.22. The van der Waals surface area contributed by atoms with E-state index in [1.54, 1.807) is 18.5 Å². The van der Waals surface area contributed by atoms with Gasteiger partial charge >= 0.3 is 5.97 Å². The molecule has 0 aliphatic rings. The zero-order chi connectivity index (χ0) is 19.2. The van der Waals surface area contributed by atoms with Gasteiger partial charge in [0.05, 0.1) is 12.7 Å². The van der Waals surface area contributed by atoms with E-state index in [0.717, 1.165) is 28.4 Å². The fourth-order valence-electron chi connectivity index (χ4n) is 3.02. The molecular formula is C20H21N5O2. The number of nitrogens with one attached hydrogen (secondary N) is 1.